The molecule has 2 atom stereocenters. The van der Waals surface area contributed by atoms with Crippen molar-refractivity contribution in [3.05, 3.63) is 101 Å². The monoisotopic (exact) mass is 475 g/mol. The van der Waals surface area contributed by atoms with Gasteiger partial charge < -0.3 is 20.1 Å². The van der Waals surface area contributed by atoms with Crippen LogP contribution in [-0.2, 0) is 10.2 Å². The van der Waals surface area contributed by atoms with E-state index in [-0.39, 0.29) is 17.7 Å². The second-order valence-corrected chi connectivity index (χ2v) is 8.83. The summed E-state index contributed by atoms with van der Waals surface area (Å²) in [5.74, 6) is -1.72. The maximum absolute atomic E-state index is 14.9. The first-order valence-corrected chi connectivity index (χ1v) is 12.0. The molecular formula is C30H32FO4-. The third-order valence-corrected chi connectivity index (χ3v) is 6.72. The highest BCUT2D eigenvalue weighted by molar-refractivity contribution is 5.77. The minimum absolute atomic E-state index is 0.139. The summed E-state index contributed by atoms with van der Waals surface area (Å²) in [6, 6.07) is 22.9. The average Bonchev–Trinajstić information content (AvgIpc) is 2.84. The molecule has 184 valence electrons. The van der Waals surface area contributed by atoms with Crippen LogP contribution in [0.1, 0.15) is 56.2 Å². The number of aliphatic hydroxyl groups excluding tert-OH is 2. The van der Waals surface area contributed by atoms with Crippen LogP contribution < -0.4 is 5.11 Å². The molecule has 0 spiro atoms. The number of carboxylic acids is 1. The quantitative estimate of drug-likeness (QED) is 0.415. The van der Waals surface area contributed by atoms with E-state index in [4.69, 9.17) is 0 Å². The molecule has 0 saturated carbocycles. The van der Waals surface area contributed by atoms with Gasteiger partial charge in [-0.1, -0.05) is 86.7 Å². The van der Waals surface area contributed by atoms with Gasteiger partial charge in [-0.3, -0.25) is 0 Å². The van der Waals surface area contributed by atoms with E-state index in [0.29, 0.717) is 16.7 Å². The van der Waals surface area contributed by atoms with Crippen molar-refractivity contribution in [2.75, 3.05) is 0 Å². The first-order chi connectivity index (χ1) is 16.8. The first-order valence-electron chi connectivity index (χ1n) is 12.0. The standard InChI is InChI=1S/C30H33FO4/c1-3-30(4-2,22-10-6-5-7-11-22)23-16-14-21(15-17-24(32)19-25(33)20-29(34)35)27(18-23)26-12-8-9-13-28(26)31/h5-18,24-25,32-33H,3-4,19-20H2,1-2H3,(H,34,35)/p-1/b17-15+/t24-,25-/m1/s1. The van der Waals surface area contributed by atoms with Gasteiger partial charge in [0.1, 0.15) is 5.82 Å². The summed E-state index contributed by atoms with van der Waals surface area (Å²) in [5.41, 5.74) is 3.90. The van der Waals surface area contributed by atoms with Crippen LogP contribution in [0, 0.1) is 5.82 Å². The third-order valence-electron chi connectivity index (χ3n) is 6.72. The Morgan fingerprint density at radius 2 is 1.60 bits per heavy atom. The van der Waals surface area contributed by atoms with E-state index >= 15 is 0 Å². The highest BCUT2D eigenvalue weighted by Gasteiger charge is 2.31. The van der Waals surface area contributed by atoms with Gasteiger partial charge in [-0.2, -0.15) is 0 Å². The van der Waals surface area contributed by atoms with Crippen molar-refractivity contribution in [3.63, 3.8) is 0 Å². The Kier molecular flexibility index (Phi) is 8.96. The van der Waals surface area contributed by atoms with Crippen molar-refractivity contribution < 1.29 is 24.5 Å². The average molecular weight is 476 g/mol. The van der Waals surface area contributed by atoms with E-state index in [2.05, 4.69) is 26.0 Å². The lowest BCUT2D eigenvalue weighted by Crippen LogP contribution is -2.29. The number of benzene rings is 3. The lowest BCUT2D eigenvalue weighted by atomic mass is 9.70. The van der Waals surface area contributed by atoms with Crippen molar-refractivity contribution in [1.29, 1.82) is 0 Å². The molecule has 5 heteroatoms. The molecule has 2 N–H and O–H groups in total. The molecule has 3 aromatic carbocycles. The largest absolute Gasteiger partial charge is 0.550 e. The van der Waals surface area contributed by atoms with E-state index in [0.717, 1.165) is 18.4 Å². The number of aliphatic carboxylic acids is 1. The predicted octanol–water partition coefficient (Wildman–Crippen LogP) is 4.86. The lowest BCUT2D eigenvalue weighted by Gasteiger charge is -2.34. The Hall–Kier alpha value is -3.28. The zero-order chi connectivity index (χ0) is 25.4. The molecule has 0 amide bonds. The number of halogens is 1. The van der Waals surface area contributed by atoms with Gasteiger partial charge in [0.2, 0.25) is 0 Å². The molecule has 0 fully saturated rings. The highest BCUT2D eigenvalue weighted by atomic mass is 19.1. The SMILES string of the molecule is CCC(CC)(c1ccccc1)c1ccc(/C=C/[C@@H](O)C[C@@H](O)CC(=O)[O-])c(-c2ccccc2F)c1. The molecule has 4 nitrogen and oxygen atoms in total. The van der Waals surface area contributed by atoms with Crippen LogP contribution in [0.15, 0.2) is 78.9 Å². The molecule has 3 rings (SSSR count). The summed E-state index contributed by atoms with van der Waals surface area (Å²) >= 11 is 0. The second kappa shape index (κ2) is 11.9. The minimum atomic E-state index is -1.38. The smallest absolute Gasteiger partial charge is 0.131 e. The van der Waals surface area contributed by atoms with Gasteiger partial charge in [0, 0.05) is 29.8 Å². The highest BCUT2D eigenvalue weighted by Crippen LogP contribution is 2.41. The van der Waals surface area contributed by atoms with Gasteiger partial charge in [0.25, 0.3) is 0 Å². The van der Waals surface area contributed by atoms with Crippen LogP contribution in [0.25, 0.3) is 17.2 Å². The number of aliphatic hydroxyl groups is 2. The first kappa shape index (κ1) is 26.3. The fourth-order valence-corrected chi connectivity index (χ4v) is 4.75. The maximum atomic E-state index is 14.9. The van der Waals surface area contributed by atoms with Gasteiger partial charge in [-0.15, -0.1) is 0 Å². The Bertz CT molecular complexity index is 1150. The zero-order valence-electron chi connectivity index (χ0n) is 20.2. The van der Waals surface area contributed by atoms with Crippen LogP contribution in [-0.4, -0.2) is 28.4 Å². The number of hydrogen-bond acceptors (Lipinski definition) is 4. The summed E-state index contributed by atoms with van der Waals surface area (Å²) in [4.78, 5) is 10.7. The summed E-state index contributed by atoms with van der Waals surface area (Å²) in [5, 5.41) is 30.7. The normalized spacial score (nSPS) is 13.6. The molecule has 0 saturated heterocycles. The van der Waals surface area contributed by atoms with Crippen molar-refractivity contribution in [2.45, 2.75) is 57.2 Å². The van der Waals surface area contributed by atoms with Crippen LogP contribution in [0.2, 0.25) is 0 Å². The number of carboxylic acid groups (broad SMARTS) is 1. The third kappa shape index (κ3) is 6.24. The number of hydrogen-bond donors (Lipinski definition) is 2. The molecule has 0 unspecified atom stereocenters. The van der Waals surface area contributed by atoms with E-state index in [1.165, 1.54) is 17.7 Å². The molecular weight excluding hydrogens is 443 g/mol. The minimum Gasteiger partial charge on any atom is -0.550 e. The van der Waals surface area contributed by atoms with Crippen LogP contribution in [0.5, 0.6) is 0 Å². The Morgan fingerprint density at radius 3 is 2.23 bits per heavy atom. The van der Waals surface area contributed by atoms with Gasteiger partial charge in [0.15, 0.2) is 0 Å². The number of rotatable bonds is 11. The zero-order valence-corrected chi connectivity index (χ0v) is 20.2. The molecule has 0 aromatic heterocycles. The summed E-state index contributed by atoms with van der Waals surface area (Å²) in [6.07, 6.45) is 1.95. The molecule has 0 aliphatic carbocycles. The van der Waals surface area contributed by atoms with Crippen molar-refractivity contribution >= 4 is 12.0 Å². The van der Waals surface area contributed by atoms with Crippen LogP contribution in [0.3, 0.4) is 0 Å². The molecule has 0 bridgehead atoms. The molecule has 0 aliphatic rings. The molecule has 0 aliphatic heterocycles. The molecule has 0 heterocycles. The summed E-state index contributed by atoms with van der Waals surface area (Å²) in [7, 11) is 0. The van der Waals surface area contributed by atoms with Gasteiger partial charge in [0.05, 0.1) is 12.2 Å². The maximum Gasteiger partial charge on any atom is 0.131 e. The molecule has 35 heavy (non-hydrogen) atoms. The van der Waals surface area contributed by atoms with Crippen molar-refractivity contribution in [2.24, 2.45) is 0 Å². The lowest BCUT2D eigenvalue weighted by molar-refractivity contribution is -0.307. The summed E-state index contributed by atoms with van der Waals surface area (Å²) < 4.78 is 14.9. The van der Waals surface area contributed by atoms with Gasteiger partial charge >= 0.3 is 0 Å². The van der Waals surface area contributed by atoms with Crippen molar-refractivity contribution in [3.8, 4) is 11.1 Å². The molecule has 0 radical (unpaired) electrons. The van der Waals surface area contributed by atoms with E-state index in [1.54, 1.807) is 24.3 Å². The van der Waals surface area contributed by atoms with E-state index in [9.17, 15) is 24.5 Å². The number of carbonyl (C=O) groups excluding carboxylic acids is 1. The Balaban J connectivity index is 2.06. The van der Waals surface area contributed by atoms with Crippen LogP contribution in [0.4, 0.5) is 4.39 Å². The van der Waals surface area contributed by atoms with E-state index in [1.807, 2.05) is 36.4 Å². The fraction of sp³-hybridized carbons (Fsp3) is 0.300. The summed E-state index contributed by atoms with van der Waals surface area (Å²) in [6.45, 7) is 4.31. The van der Waals surface area contributed by atoms with Crippen molar-refractivity contribution in [1.82, 2.24) is 0 Å². The van der Waals surface area contributed by atoms with Gasteiger partial charge in [-0.05, 0) is 47.2 Å². The Labute approximate surface area is 206 Å². The topological polar surface area (TPSA) is 80.6 Å². The Morgan fingerprint density at radius 1 is 0.943 bits per heavy atom. The predicted molar refractivity (Wildman–Crippen MR) is 135 cm³/mol. The number of carbonyl (C=O) groups is 1. The fourth-order valence-electron chi connectivity index (χ4n) is 4.75. The van der Waals surface area contributed by atoms with E-state index < -0.39 is 24.6 Å². The second-order valence-electron chi connectivity index (χ2n) is 8.83. The van der Waals surface area contributed by atoms with Crippen LogP contribution >= 0.6 is 0 Å². The molecule has 3 aromatic rings. The van der Waals surface area contributed by atoms with Gasteiger partial charge in [-0.25, -0.2) is 4.39 Å².